The normalized spacial score (nSPS) is 14.3. The first-order valence-electron chi connectivity index (χ1n) is 12.3. The van der Waals surface area contributed by atoms with E-state index in [1.807, 2.05) is 32.0 Å². The molecule has 1 atom stereocenters. The Hall–Kier alpha value is -4.66. The smallest absolute Gasteiger partial charge is 0.338 e. The number of imide groups is 1. The van der Waals surface area contributed by atoms with Gasteiger partial charge in [0, 0.05) is 5.69 Å². The number of fused-ring (bicyclic) bond motifs is 2. The molecule has 9 heteroatoms. The number of nitrogens with one attached hydrogen (secondary N) is 1. The fourth-order valence-corrected chi connectivity index (χ4v) is 4.49. The van der Waals surface area contributed by atoms with E-state index < -0.39 is 29.8 Å². The summed E-state index contributed by atoms with van der Waals surface area (Å²) >= 11 is 0. The van der Waals surface area contributed by atoms with E-state index in [9.17, 15) is 19.2 Å². The van der Waals surface area contributed by atoms with E-state index in [2.05, 4.69) is 5.32 Å². The monoisotopic (exact) mass is 514 g/mol. The Morgan fingerprint density at radius 2 is 1.76 bits per heavy atom. The van der Waals surface area contributed by atoms with Crippen LogP contribution in [0.4, 0.5) is 5.69 Å². The van der Waals surface area contributed by atoms with E-state index in [1.165, 1.54) is 25.1 Å². The third kappa shape index (κ3) is 4.58. The van der Waals surface area contributed by atoms with Gasteiger partial charge < -0.3 is 19.5 Å². The molecule has 1 N–H and O–H groups in total. The lowest BCUT2D eigenvalue weighted by Gasteiger charge is -2.17. The first-order chi connectivity index (χ1) is 18.3. The van der Waals surface area contributed by atoms with Crippen LogP contribution in [0.1, 0.15) is 61.6 Å². The summed E-state index contributed by atoms with van der Waals surface area (Å²) in [4.78, 5) is 52.7. The van der Waals surface area contributed by atoms with Gasteiger partial charge in [-0.15, -0.1) is 0 Å². The number of hydrogen-bond acceptors (Lipinski definition) is 7. The molecule has 2 aliphatic rings. The molecule has 0 aliphatic carbocycles. The second-order valence-electron chi connectivity index (χ2n) is 9.14. The van der Waals surface area contributed by atoms with Crippen LogP contribution in [0.2, 0.25) is 0 Å². The molecule has 5 rings (SSSR count). The first kappa shape index (κ1) is 25.0. The quantitative estimate of drug-likeness (QED) is 0.370. The number of para-hydroxylation sites is 1. The predicted molar refractivity (Wildman–Crippen MR) is 137 cm³/mol. The number of rotatable bonds is 7. The van der Waals surface area contributed by atoms with Gasteiger partial charge in [-0.2, -0.15) is 0 Å². The molecule has 3 aromatic carbocycles. The van der Waals surface area contributed by atoms with Crippen LogP contribution in [0, 0.1) is 6.92 Å². The molecular formula is C29H26N2O7. The number of nitrogens with zero attached hydrogens (tertiary/aromatic N) is 1. The maximum Gasteiger partial charge on any atom is 0.338 e. The SMILES string of the molecule is CCc1cccc(C)c1NC(=O)C(C)OC(=O)c1ccc2c(c1)C(=O)N(Cc1ccc3c(c1)OCO3)C2=O. The first-order valence-corrected chi connectivity index (χ1v) is 12.3. The third-order valence-corrected chi connectivity index (χ3v) is 6.63. The van der Waals surface area contributed by atoms with E-state index in [0.29, 0.717) is 22.7 Å². The van der Waals surface area contributed by atoms with E-state index in [-0.39, 0.29) is 30.0 Å². The molecule has 0 spiro atoms. The van der Waals surface area contributed by atoms with E-state index in [1.54, 1.807) is 18.2 Å². The number of ether oxygens (including phenoxy) is 3. The average Bonchev–Trinajstić information content (AvgIpc) is 3.47. The molecular weight excluding hydrogens is 488 g/mol. The van der Waals surface area contributed by atoms with Gasteiger partial charge in [-0.25, -0.2) is 4.79 Å². The minimum absolute atomic E-state index is 0.0403. The van der Waals surface area contributed by atoms with Gasteiger partial charge in [0.15, 0.2) is 17.6 Å². The largest absolute Gasteiger partial charge is 0.454 e. The Morgan fingerprint density at radius 1 is 1.00 bits per heavy atom. The zero-order chi connectivity index (χ0) is 27.0. The fourth-order valence-electron chi connectivity index (χ4n) is 4.49. The van der Waals surface area contributed by atoms with Crippen molar-refractivity contribution in [2.45, 2.75) is 39.8 Å². The van der Waals surface area contributed by atoms with Gasteiger partial charge in [0.05, 0.1) is 23.2 Å². The van der Waals surface area contributed by atoms with Crippen LogP contribution in [0.5, 0.6) is 11.5 Å². The Bertz CT molecular complexity index is 1480. The molecule has 3 aromatic rings. The molecule has 194 valence electrons. The highest BCUT2D eigenvalue weighted by atomic mass is 16.7. The summed E-state index contributed by atoms with van der Waals surface area (Å²) in [7, 11) is 0. The molecule has 0 aromatic heterocycles. The number of esters is 1. The van der Waals surface area contributed by atoms with Gasteiger partial charge in [0.2, 0.25) is 6.79 Å². The number of aryl methyl sites for hydroxylation is 2. The second-order valence-corrected chi connectivity index (χ2v) is 9.14. The van der Waals surface area contributed by atoms with Gasteiger partial charge in [0.25, 0.3) is 17.7 Å². The van der Waals surface area contributed by atoms with Crippen molar-refractivity contribution in [3.63, 3.8) is 0 Å². The maximum atomic E-state index is 13.1. The summed E-state index contributed by atoms with van der Waals surface area (Å²) < 4.78 is 16.1. The van der Waals surface area contributed by atoms with Gasteiger partial charge in [-0.3, -0.25) is 19.3 Å². The Kier molecular flexibility index (Phi) is 6.59. The number of carbonyl (C=O) groups excluding carboxylic acids is 4. The van der Waals surface area contributed by atoms with Crippen LogP contribution in [0.25, 0.3) is 0 Å². The summed E-state index contributed by atoms with van der Waals surface area (Å²) in [5.74, 6) is -1.06. The molecule has 0 bridgehead atoms. The number of benzene rings is 3. The van der Waals surface area contributed by atoms with E-state index in [4.69, 9.17) is 14.2 Å². The van der Waals surface area contributed by atoms with Crippen LogP contribution in [-0.4, -0.2) is 41.5 Å². The highest BCUT2D eigenvalue weighted by Gasteiger charge is 2.36. The van der Waals surface area contributed by atoms with Crippen LogP contribution in [0.3, 0.4) is 0 Å². The van der Waals surface area contributed by atoms with Crippen LogP contribution >= 0.6 is 0 Å². The fraction of sp³-hybridized carbons (Fsp3) is 0.241. The standard InChI is InChI=1S/C29H26N2O7/c1-4-19-7-5-6-16(2)25(19)30-26(32)17(3)38-29(35)20-9-10-21-22(13-20)28(34)31(27(21)33)14-18-8-11-23-24(12-18)37-15-36-23/h5-13,17H,4,14-15H2,1-3H3,(H,30,32). The molecule has 9 nitrogen and oxygen atoms in total. The summed E-state index contributed by atoms with van der Waals surface area (Å²) in [6, 6.07) is 15.1. The third-order valence-electron chi connectivity index (χ3n) is 6.63. The topological polar surface area (TPSA) is 111 Å². The molecule has 3 amide bonds. The zero-order valence-electron chi connectivity index (χ0n) is 21.2. The lowest BCUT2D eigenvalue weighted by atomic mass is 10.1. The molecule has 0 fully saturated rings. The molecule has 0 saturated heterocycles. The number of hydrogen-bond donors (Lipinski definition) is 1. The summed E-state index contributed by atoms with van der Waals surface area (Å²) in [6.45, 7) is 5.52. The van der Waals surface area contributed by atoms with Crippen molar-refractivity contribution >= 4 is 29.4 Å². The van der Waals surface area contributed by atoms with Crippen molar-refractivity contribution < 1.29 is 33.4 Å². The number of anilines is 1. The number of amides is 3. The summed E-state index contributed by atoms with van der Waals surface area (Å²) in [5.41, 5.74) is 3.65. The minimum atomic E-state index is -1.08. The van der Waals surface area contributed by atoms with Gasteiger partial charge >= 0.3 is 5.97 Å². The van der Waals surface area contributed by atoms with Crippen LogP contribution in [-0.2, 0) is 22.5 Å². The average molecular weight is 515 g/mol. The second kappa shape index (κ2) is 10.0. The van der Waals surface area contributed by atoms with E-state index in [0.717, 1.165) is 22.4 Å². The minimum Gasteiger partial charge on any atom is -0.454 e. The molecule has 2 heterocycles. The number of carbonyl (C=O) groups is 4. The Morgan fingerprint density at radius 3 is 2.55 bits per heavy atom. The molecule has 38 heavy (non-hydrogen) atoms. The summed E-state index contributed by atoms with van der Waals surface area (Å²) in [5, 5.41) is 2.85. The molecule has 1 unspecified atom stereocenters. The van der Waals surface area contributed by atoms with Gasteiger partial charge in [0.1, 0.15) is 0 Å². The van der Waals surface area contributed by atoms with Crippen LogP contribution in [0.15, 0.2) is 54.6 Å². The molecule has 2 aliphatic heterocycles. The highest BCUT2D eigenvalue weighted by Crippen LogP contribution is 2.34. The lowest BCUT2D eigenvalue weighted by molar-refractivity contribution is -0.123. The summed E-state index contributed by atoms with van der Waals surface area (Å²) in [6.07, 6.45) is -0.348. The van der Waals surface area contributed by atoms with Gasteiger partial charge in [-0.05, 0) is 67.3 Å². The van der Waals surface area contributed by atoms with E-state index >= 15 is 0 Å². The van der Waals surface area contributed by atoms with Crippen molar-refractivity contribution in [1.29, 1.82) is 0 Å². The van der Waals surface area contributed by atoms with Crippen molar-refractivity contribution in [2.24, 2.45) is 0 Å². The lowest BCUT2D eigenvalue weighted by Crippen LogP contribution is -2.30. The molecule has 0 saturated carbocycles. The Labute approximate surface area is 219 Å². The van der Waals surface area contributed by atoms with Crippen molar-refractivity contribution in [1.82, 2.24) is 4.90 Å². The Balaban J connectivity index is 1.27. The van der Waals surface area contributed by atoms with Crippen molar-refractivity contribution in [2.75, 3.05) is 12.1 Å². The van der Waals surface area contributed by atoms with Crippen molar-refractivity contribution in [3.8, 4) is 11.5 Å². The van der Waals surface area contributed by atoms with Crippen molar-refractivity contribution in [3.05, 3.63) is 88.0 Å². The zero-order valence-corrected chi connectivity index (χ0v) is 21.2. The highest BCUT2D eigenvalue weighted by molar-refractivity contribution is 6.22. The van der Waals surface area contributed by atoms with Crippen LogP contribution < -0.4 is 14.8 Å². The maximum absolute atomic E-state index is 13.1. The molecule has 0 radical (unpaired) electrons. The predicted octanol–water partition coefficient (Wildman–Crippen LogP) is 4.27. The van der Waals surface area contributed by atoms with Gasteiger partial charge in [-0.1, -0.05) is 31.2 Å².